The normalized spacial score (nSPS) is 17.6. The number of hydrogen-bond donors (Lipinski definition) is 2. The van der Waals surface area contributed by atoms with Crippen LogP contribution in [0.3, 0.4) is 0 Å². The standard InChI is InChI=1S/C27H36N6/c1-6-11-25(28-3)24-18-30-26(32-27(24)31-23-14-8-9-15-29-17-23)22-13-10-12-21(16-22)20(7-2)19-33(4)5/h6-7,10-13,16,18-19,23,29H,2,8-9,14-15,17H2,1,3-5H3,(H,30,31,32)/b11-6-,20-19+,28-25?. The largest absolute Gasteiger partial charge is 0.383 e. The molecule has 2 heterocycles. The van der Waals surface area contributed by atoms with Crippen LogP contribution < -0.4 is 10.6 Å². The second-order valence-electron chi connectivity index (χ2n) is 8.44. The van der Waals surface area contributed by atoms with Crippen molar-refractivity contribution in [3.05, 3.63) is 72.6 Å². The van der Waals surface area contributed by atoms with Gasteiger partial charge in [-0.1, -0.05) is 43.4 Å². The van der Waals surface area contributed by atoms with Gasteiger partial charge in [-0.15, -0.1) is 0 Å². The third-order valence-corrected chi connectivity index (χ3v) is 5.59. The van der Waals surface area contributed by atoms with Gasteiger partial charge < -0.3 is 15.5 Å². The molecule has 0 amide bonds. The minimum atomic E-state index is 0.319. The summed E-state index contributed by atoms with van der Waals surface area (Å²) in [5.74, 6) is 1.51. The van der Waals surface area contributed by atoms with E-state index in [1.165, 1.54) is 12.8 Å². The SMILES string of the molecule is C=C/C(=C\N(C)C)c1cccc(-c2ncc(C(/C=C\C)=NC)c(NC3CCCCNC3)n2)c1. The van der Waals surface area contributed by atoms with Crippen LogP contribution in [0.15, 0.2) is 66.5 Å². The maximum atomic E-state index is 4.99. The number of nitrogens with one attached hydrogen (secondary N) is 2. The van der Waals surface area contributed by atoms with Crippen LogP contribution in [0.1, 0.15) is 37.3 Å². The Morgan fingerprint density at radius 1 is 1.30 bits per heavy atom. The van der Waals surface area contributed by atoms with Crippen LogP contribution in [-0.4, -0.2) is 60.9 Å². The van der Waals surface area contributed by atoms with Gasteiger partial charge in [0.1, 0.15) is 5.82 Å². The first-order valence-corrected chi connectivity index (χ1v) is 11.6. The van der Waals surface area contributed by atoms with E-state index in [1.54, 1.807) is 7.05 Å². The van der Waals surface area contributed by atoms with Crippen LogP contribution in [0.5, 0.6) is 0 Å². The summed E-state index contributed by atoms with van der Waals surface area (Å²) in [5.41, 5.74) is 4.88. The van der Waals surface area contributed by atoms with E-state index in [0.29, 0.717) is 11.9 Å². The minimum Gasteiger partial charge on any atom is -0.383 e. The van der Waals surface area contributed by atoms with Crippen molar-refractivity contribution in [3.63, 3.8) is 0 Å². The fraction of sp³-hybridized carbons (Fsp3) is 0.370. The molecule has 2 N–H and O–H groups in total. The Morgan fingerprint density at radius 3 is 2.88 bits per heavy atom. The topological polar surface area (TPSA) is 65.4 Å². The molecule has 1 aromatic heterocycles. The van der Waals surface area contributed by atoms with Crippen LogP contribution >= 0.6 is 0 Å². The average molecular weight is 445 g/mol. The first-order chi connectivity index (χ1) is 16.0. The summed E-state index contributed by atoms with van der Waals surface area (Å²) in [6, 6.07) is 8.60. The highest BCUT2D eigenvalue weighted by Gasteiger charge is 2.18. The summed E-state index contributed by atoms with van der Waals surface area (Å²) in [6.45, 7) is 7.96. The maximum Gasteiger partial charge on any atom is 0.161 e. The summed E-state index contributed by atoms with van der Waals surface area (Å²) in [4.78, 5) is 16.2. The quantitative estimate of drug-likeness (QED) is 0.453. The highest BCUT2D eigenvalue weighted by Crippen LogP contribution is 2.25. The molecule has 2 aromatic rings. The third kappa shape index (κ3) is 6.62. The molecule has 3 rings (SSSR count). The van der Waals surface area contributed by atoms with Crippen molar-refractivity contribution in [2.24, 2.45) is 4.99 Å². The highest BCUT2D eigenvalue weighted by molar-refractivity contribution is 6.11. The Bertz CT molecular complexity index is 1030. The molecule has 1 saturated heterocycles. The van der Waals surface area contributed by atoms with Crippen LogP contribution in [-0.2, 0) is 0 Å². The Balaban J connectivity index is 2.03. The average Bonchev–Trinajstić information content (AvgIpc) is 3.10. The van der Waals surface area contributed by atoms with Crippen LogP contribution in [0.2, 0.25) is 0 Å². The molecule has 1 aliphatic rings. The van der Waals surface area contributed by atoms with Crippen molar-refractivity contribution in [1.29, 1.82) is 0 Å². The van der Waals surface area contributed by atoms with Gasteiger partial charge in [-0.3, -0.25) is 4.99 Å². The van der Waals surface area contributed by atoms with Crippen molar-refractivity contribution in [2.45, 2.75) is 32.2 Å². The molecular weight excluding hydrogens is 408 g/mol. The fourth-order valence-corrected chi connectivity index (χ4v) is 3.96. The lowest BCUT2D eigenvalue weighted by atomic mass is 10.0. The van der Waals surface area contributed by atoms with Crippen LogP contribution in [0.25, 0.3) is 17.0 Å². The fourth-order valence-electron chi connectivity index (χ4n) is 3.96. The molecule has 6 heteroatoms. The number of benzene rings is 1. The van der Waals surface area contributed by atoms with E-state index in [0.717, 1.165) is 53.3 Å². The van der Waals surface area contributed by atoms with Crippen molar-refractivity contribution >= 4 is 17.1 Å². The molecule has 1 unspecified atom stereocenters. The van der Waals surface area contributed by atoms with E-state index < -0.39 is 0 Å². The minimum absolute atomic E-state index is 0.319. The van der Waals surface area contributed by atoms with E-state index >= 15 is 0 Å². The molecule has 33 heavy (non-hydrogen) atoms. The van der Waals surface area contributed by atoms with Crippen LogP contribution in [0.4, 0.5) is 5.82 Å². The zero-order chi connectivity index (χ0) is 23.6. The summed E-state index contributed by atoms with van der Waals surface area (Å²) in [5, 5.41) is 7.21. The highest BCUT2D eigenvalue weighted by atomic mass is 15.1. The zero-order valence-corrected chi connectivity index (χ0v) is 20.3. The number of aromatic nitrogens is 2. The number of rotatable bonds is 8. The lowest BCUT2D eigenvalue weighted by molar-refractivity contribution is 0.566. The van der Waals surface area contributed by atoms with Gasteiger partial charge in [-0.25, -0.2) is 9.97 Å². The second-order valence-corrected chi connectivity index (χ2v) is 8.44. The first-order valence-electron chi connectivity index (χ1n) is 11.6. The molecule has 1 atom stereocenters. The Morgan fingerprint density at radius 2 is 2.15 bits per heavy atom. The summed E-state index contributed by atoms with van der Waals surface area (Å²) in [7, 11) is 5.82. The molecule has 1 aromatic carbocycles. The van der Waals surface area contributed by atoms with Gasteiger partial charge in [0, 0.05) is 51.7 Å². The summed E-state index contributed by atoms with van der Waals surface area (Å²) in [6.07, 6.45) is 13.3. The van der Waals surface area contributed by atoms with Crippen LogP contribution in [0, 0.1) is 0 Å². The van der Waals surface area contributed by atoms with Gasteiger partial charge >= 0.3 is 0 Å². The summed E-state index contributed by atoms with van der Waals surface area (Å²) >= 11 is 0. The van der Waals surface area contributed by atoms with E-state index in [-0.39, 0.29) is 0 Å². The Hall–Kier alpha value is -3.25. The van der Waals surface area contributed by atoms with Gasteiger partial charge in [0.2, 0.25) is 0 Å². The first kappa shape index (κ1) is 24.4. The van der Waals surface area contributed by atoms with Gasteiger partial charge in [0.25, 0.3) is 0 Å². The van der Waals surface area contributed by atoms with Gasteiger partial charge in [0.05, 0.1) is 11.3 Å². The molecule has 0 saturated carbocycles. The molecule has 6 nitrogen and oxygen atoms in total. The number of anilines is 1. The van der Waals surface area contributed by atoms with Gasteiger partial charge in [0.15, 0.2) is 5.82 Å². The van der Waals surface area contributed by atoms with E-state index in [4.69, 9.17) is 9.97 Å². The third-order valence-electron chi connectivity index (χ3n) is 5.59. The molecule has 0 bridgehead atoms. The van der Waals surface area contributed by atoms with Crippen molar-refractivity contribution in [1.82, 2.24) is 20.2 Å². The van der Waals surface area contributed by atoms with Crippen molar-refractivity contribution in [3.8, 4) is 11.4 Å². The maximum absolute atomic E-state index is 4.99. The Labute approximate surface area is 198 Å². The van der Waals surface area contributed by atoms with Gasteiger partial charge in [-0.2, -0.15) is 0 Å². The lowest BCUT2D eigenvalue weighted by Gasteiger charge is -2.20. The lowest BCUT2D eigenvalue weighted by Crippen LogP contribution is -2.32. The summed E-state index contributed by atoms with van der Waals surface area (Å²) < 4.78 is 0. The molecule has 1 fully saturated rings. The van der Waals surface area contributed by atoms with Crippen molar-refractivity contribution < 1.29 is 0 Å². The van der Waals surface area contributed by atoms with E-state index in [9.17, 15) is 0 Å². The predicted octanol–water partition coefficient (Wildman–Crippen LogP) is 4.78. The molecule has 174 valence electrons. The molecule has 0 aliphatic carbocycles. The number of hydrogen-bond acceptors (Lipinski definition) is 6. The Kier molecular flexibility index (Phi) is 8.95. The predicted molar refractivity (Wildman–Crippen MR) is 141 cm³/mol. The smallest absolute Gasteiger partial charge is 0.161 e. The molecule has 0 spiro atoms. The number of allylic oxidation sites excluding steroid dienone is 4. The van der Waals surface area contributed by atoms with Gasteiger partial charge in [-0.05, 0) is 49.6 Å². The zero-order valence-electron chi connectivity index (χ0n) is 20.3. The molecule has 0 radical (unpaired) electrons. The number of nitrogens with zero attached hydrogens (tertiary/aromatic N) is 4. The van der Waals surface area contributed by atoms with Crippen molar-refractivity contribution in [2.75, 3.05) is 39.5 Å². The molecule has 1 aliphatic heterocycles. The van der Waals surface area contributed by atoms with E-state index in [1.807, 2.05) is 62.5 Å². The van der Waals surface area contributed by atoms with E-state index in [2.05, 4.69) is 40.5 Å². The number of aliphatic imine (C=N–C) groups is 1. The second kappa shape index (κ2) is 12.1. The molecular formula is C27H36N6. The monoisotopic (exact) mass is 444 g/mol.